The van der Waals surface area contributed by atoms with Crippen LogP contribution in [0.2, 0.25) is 0 Å². The quantitative estimate of drug-likeness (QED) is 0.630. The highest BCUT2D eigenvalue weighted by molar-refractivity contribution is 5.68. The third-order valence-electron chi connectivity index (χ3n) is 8.28. The third-order valence-corrected chi connectivity index (χ3v) is 8.28. The van der Waals surface area contributed by atoms with Crippen LogP contribution in [0.15, 0.2) is 23.7 Å². The van der Waals surface area contributed by atoms with Crippen molar-refractivity contribution in [3.63, 3.8) is 0 Å². The average molecular weight is 373 g/mol. The molecule has 4 heteroatoms. The van der Waals surface area contributed by atoms with Gasteiger partial charge in [-0.2, -0.15) is 0 Å². The maximum Gasteiger partial charge on any atom is 0.307 e. The molecule has 0 heterocycles. The average Bonchev–Trinajstić information content (AvgIpc) is 2.91. The standard InChI is InChI=1S/C23H32O4/c1-14(24)26-17-9-11-22(3)16(13-17)5-6-18-19-7-8-21(27-15(2)25)23(19,4)12-10-20(18)22/h8,13,16,18-20H,5-7,9-12H2,1-4H3/t16?,18?,19?,20?,22-,23-/m0/s1. The van der Waals surface area contributed by atoms with Crippen molar-refractivity contribution in [3.05, 3.63) is 23.7 Å². The van der Waals surface area contributed by atoms with E-state index >= 15 is 0 Å². The van der Waals surface area contributed by atoms with E-state index in [1.807, 2.05) is 0 Å². The van der Waals surface area contributed by atoms with E-state index in [1.165, 1.54) is 26.7 Å². The molecule has 0 aromatic rings. The van der Waals surface area contributed by atoms with Gasteiger partial charge in [0.1, 0.15) is 11.5 Å². The van der Waals surface area contributed by atoms with Crippen LogP contribution in [-0.2, 0) is 19.1 Å². The predicted molar refractivity (Wildman–Crippen MR) is 102 cm³/mol. The maximum absolute atomic E-state index is 11.5. The van der Waals surface area contributed by atoms with Crippen LogP contribution in [0.4, 0.5) is 0 Å². The minimum atomic E-state index is -0.206. The SMILES string of the molecule is CC(=O)OC1=CC2CCC3C(CC[C@]4(C)C(OC(C)=O)=CCC34)[C@@]2(C)CC1. The maximum atomic E-state index is 11.5. The molecule has 0 aliphatic heterocycles. The lowest BCUT2D eigenvalue weighted by Crippen LogP contribution is -2.52. The molecule has 0 aromatic heterocycles. The van der Waals surface area contributed by atoms with Crippen molar-refractivity contribution in [2.24, 2.45) is 34.5 Å². The Hall–Kier alpha value is -1.58. The van der Waals surface area contributed by atoms with E-state index in [4.69, 9.17) is 9.47 Å². The largest absolute Gasteiger partial charge is 0.432 e. The molecule has 4 rings (SSSR count). The predicted octanol–water partition coefficient (Wildman–Crippen LogP) is 5.14. The number of carbonyl (C=O) groups is 2. The molecule has 0 aromatic carbocycles. The van der Waals surface area contributed by atoms with Gasteiger partial charge in [-0.3, -0.25) is 9.59 Å². The van der Waals surface area contributed by atoms with E-state index in [-0.39, 0.29) is 22.8 Å². The topological polar surface area (TPSA) is 52.6 Å². The molecule has 4 aliphatic rings. The second-order valence-corrected chi connectivity index (χ2v) is 9.65. The Morgan fingerprint density at radius 1 is 1.00 bits per heavy atom. The number of ether oxygens (including phenoxy) is 2. The van der Waals surface area contributed by atoms with E-state index < -0.39 is 0 Å². The molecule has 2 saturated carbocycles. The third kappa shape index (κ3) is 2.96. The van der Waals surface area contributed by atoms with Crippen molar-refractivity contribution in [3.8, 4) is 0 Å². The summed E-state index contributed by atoms with van der Waals surface area (Å²) in [5.41, 5.74) is 0.307. The first-order chi connectivity index (χ1) is 12.7. The summed E-state index contributed by atoms with van der Waals surface area (Å²) in [6.45, 7) is 7.77. The Morgan fingerprint density at radius 2 is 1.74 bits per heavy atom. The summed E-state index contributed by atoms with van der Waals surface area (Å²) in [6, 6.07) is 0. The zero-order valence-electron chi connectivity index (χ0n) is 17.0. The number of rotatable bonds is 2. The van der Waals surface area contributed by atoms with Crippen LogP contribution in [0, 0.1) is 34.5 Å². The molecule has 0 bridgehead atoms. The Morgan fingerprint density at radius 3 is 2.44 bits per heavy atom. The zero-order valence-corrected chi connectivity index (χ0v) is 17.0. The van der Waals surface area contributed by atoms with Gasteiger partial charge in [0.05, 0.1) is 0 Å². The van der Waals surface area contributed by atoms with Gasteiger partial charge in [-0.05, 0) is 79.8 Å². The van der Waals surface area contributed by atoms with E-state index in [9.17, 15) is 9.59 Å². The van der Waals surface area contributed by atoms with E-state index in [0.717, 1.165) is 43.6 Å². The summed E-state index contributed by atoms with van der Waals surface area (Å²) < 4.78 is 11.0. The van der Waals surface area contributed by atoms with Gasteiger partial charge in [-0.1, -0.05) is 13.8 Å². The monoisotopic (exact) mass is 372 g/mol. The molecule has 4 nitrogen and oxygen atoms in total. The lowest BCUT2D eigenvalue weighted by atomic mass is 9.46. The minimum Gasteiger partial charge on any atom is -0.432 e. The summed E-state index contributed by atoms with van der Waals surface area (Å²) in [4.78, 5) is 22.9. The second-order valence-electron chi connectivity index (χ2n) is 9.65. The summed E-state index contributed by atoms with van der Waals surface area (Å²) in [5, 5.41) is 0. The number of carbonyl (C=O) groups excluding carboxylic acids is 2. The first-order valence-corrected chi connectivity index (χ1v) is 10.5. The van der Waals surface area contributed by atoms with Crippen molar-refractivity contribution in [2.45, 2.75) is 72.6 Å². The van der Waals surface area contributed by atoms with Crippen LogP contribution in [-0.4, -0.2) is 11.9 Å². The van der Waals surface area contributed by atoms with Crippen LogP contribution < -0.4 is 0 Å². The molecule has 27 heavy (non-hydrogen) atoms. The highest BCUT2D eigenvalue weighted by Gasteiger charge is 2.58. The fourth-order valence-electron chi connectivity index (χ4n) is 6.94. The fourth-order valence-corrected chi connectivity index (χ4v) is 6.94. The smallest absolute Gasteiger partial charge is 0.307 e. The molecule has 148 valence electrons. The minimum absolute atomic E-state index is 0.0173. The van der Waals surface area contributed by atoms with Crippen LogP contribution in [0.1, 0.15) is 72.6 Å². The highest BCUT2D eigenvalue weighted by atomic mass is 16.5. The Balaban J connectivity index is 1.56. The molecule has 0 spiro atoms. The number of esters is 2. The van der Waals surface area contributed by atoms with E-state index in [2.05, 4.69) is 26.0 Å². The van der Waals surface area contributed by atoms with Crippen molar-refractivity contribution >= 4 is 11.9 Å². The first-order valence-electron chi connectivity index (χ1n) is 10.5. The van der Waals surface area contributed by atoms with Gasteiger partial charge >= 0.3 is 11.9 Å². The first kappa shape index (κ1) is 18.8. The second kappa shape index (κ2) is 6.49. The van der Waals surface area contributed by atoms with E-state index in [0.29, 0.717) is 23.7 Å². The summed E-state index contributed by atoms with van der Waals surface area (Å²) in [6.07, 6.45) is 12.1. The molecule has 0 radical (unpaired) electrons. The van der Waals surface area contributed by atoms with Gasteiger partial charge in [-0.25, -0.2) is 0 Å². The Kier molecular flexibility index (Phi) is 4.51. The van der Waals surface area contributed by atoms with Crippen molar-refractivity contribution in [2.75, 3.05) is 0 Å². The van der Waals surface area contributed by atoms with Crippen molar-refractivity contribution in [1.29, 1.82) is 0 Å². The van der Waals surface area contributed by atoms with Gasteiger partial charge in [0.25, 0.3) is 0 Å². The lowest BCUT2D eigenvalue weighted by Gasteiger charge is -2.59. The van der Waals surface area contributed by atoms with Crippen molar-refractivity contribution < 1.29 is 19.1 Å². The molecule has 0 N–H and O–H groups in total. The summed E-state index contributed by atoms with van der Waals surface area (Å²) in [5.74, 6) is 3.89. The molecule has 4 aliphatic carbocycles. The van der Waals surface area contributed by atoms with Crippen molar-refractivity contribution in [1.82, 2.24) is 0 Å². The zero-order chi connectivity index (χ0) is 19.4. The summed E-state index contributed by atoms with van der Waals surface area (Å²) in [7, 11) is 0. The Labute approximate surface area is 162 Å². The fraction of sp³-hybridized carbons (Fsp3) is 0.739. The number of hydrogen-bond acceptors (Lipinski definition) is 4. The molecule has 4 unspecified atom stereocenters. The van der Waals surface area contributed by atoms with Gasteiger partial charge in [0, 0.05) is 25.7 Å². The number of hydrogen-bond donors (Lipinski definition) is 0. The van der Waals surface area contributed by atoms with E-state index in [1.54, 1.807) is 0 Å². The molecular weight excluding hydrogens is 340 g/mol. The lowest BCUT2D eigenvalue weighted by molar-refractivity contribution is -0.141. The van der Waals surface area contributed by atoms with Gasteiger partial charge in [0.2, 0.25) is 0 Å². The van der Waals surface area contributed by atoms with Gasteiger partial charge in [-0.15, -0.1) is 0 Å². The number of allylic oxidation sites excluding steroid dienone is 4. The van der Waals surface area contributed by atoms with Gasteiger partial charge < -0.3 is 9.47 Å². The van der Waals surface area contributed by atoms with Crippen LogP contribution in [0.3, 0.4) is 0 Å². The number of fused-ring (bicyclic) bond motifs is 5. The molecule has 6 atom stereocenters. The van der Waals surface area contributed by atoms with Crippen LogP contribution in [0.5, 0.6) is 0 Å². The normalized spacial score (nSPS) is 42.8. The molecule has 2 fully saturated rings. The summed E-state index contributed by atoms with van der Waals surface area (Å²) >= 11 is 0. The van der Waals surface area contributed by atoms with Gasteiger partial charge in [0.15, 0.2) is 0 Å². The Bertz CT molecular complexity index is 720. The molecule has 0 amide bonds. The van der Waals surface area contributed by atoms with Crippen LogP contribution >= 0.6 is 0 Å². The molecular formula is C23H32O4. The van der Waals surface area contributed by atoms with Crippen LogP contribution in [0.25, 0.3) is 0 Å². The highest BCUT2D eigenvalue weighted by Crippen LogP contribution is 2.66. The molecule has 0 saturated heterocycles.